The van der Waals surface area contributed by atoms with Gasteiger partial charge in [0.2, 0.25) is 5.91 Å². The van der Waals surface area contributed by atoms with Crippen molar-refractivity contribution in [2.75, 3.05) is 13.1 Å². The maximum atomic E-state index is 13.4. The lowest BCUT2D eigenvalue weighted by Gasteiger charge is -2.37. The first-order valence-electron chi connectivity index (χ1n) is 8.37. The van der Waals surface area contributed by atoms with Gasteiger partial charge in [-0.1, -0.05) is 20.8 Å². The molecule has 0 radical (unpaired) electrons. The van der Waals surface area contributed by atoms with Gasteiger partial charge in [-0.25, -0.2) is 4.39 Å². The molecule has 0 aromatic rings. The van der Waals surface area contributed by atoms with Crippen LogP contribution in [0.4, 0.5) is 4.39 Å². The first kappa shape index (κ1) is 20.2. The second-order valence-corrected chi connectivity index (χ2v) is 7.82. The molecule has 23 heavy (non-hydrogen) atoms. The zero-order chi connectivity index (χ0) is 16.3. The van der Waals surface area contributed by atoms with E-state index >= 15 is 0 Å². The van der Waals surface area contributed by atoms with Crippen molar-refractivity contribution in [1.82, 2.24) is 10.2 Å². The fraction of sp³-hybridized carbons (Fsp3) is 0.882. The molecule has 132 valence electrons. The summed E-state index contributed by atoms with van der Waals surface area (Å²) in [6.45, 7) is 7.15. The summed E-state index contributed by atoms with van der Waals surface area (Å²) in [5, 5.41) is 12.3. The van der Waals surface area contributed by atoms with Gasteiger partial charge in [0.05, 0.1) is 19.2 Å². The predicted octanol–water partition coefficient (Wildman–Crippen LogP) is 3.07. The number of alkyl halides is 1. The molecule has 1 saturated carbocycles. The third-order valence-electron chi connectivity index (χ3n) is 5.21. The van der Waals surface area contributed by atoms with E-state index in [9.17, 15) is 9.18 Å². The Hall–Kier alpha value is -0.860. The minimum absolute atomic E-state index is 0. The number of rotatable bonds is 3. The van der Waals surface area contributed by atoms with Gasteiger partial charge in [-0.3, -0.25) is 4.79 Å². The van der Waals surface area contributed by atoms with Crippen molar-refractivity contribution in [2.45, 2.75) is 71.1 Å². The van der Waals surface area contributed by atoms with Crippen LogP contribution in [0.25, 0.3) is 0 Å². The highest BCUT2D eigenvalue weighted by atomic mass is 35.5. The number of hydrogen-bond acceptors (Lipinski definition) is 3. The predicted molar refractivity (Wildman–Crippen MR) is 91.1 cm³/mol. The number of carbonyl (C=O) groups excluding carboxylic acids is 1. The molecule has 0 aromatic heterocycles. The Kier molecular flexibility index (Phi) is 7.29. The summed E-state index contributed by atoms with van der Waals surface area (Å²) in [5.74, 6) is 0.597. The average Bonchev–Trinajstić information content (AvgIpc) is 2.85. The minimum Gasteiger partial charge on any atom is -0.323 e. The molecule has 1 N–H and O–H groups in total. The Labute approximate surface area is 145 Å². The van der Waals surface area contributed by atoms with E-state index < -0.39 is 12.2 Å². The molecule has 1 heterocycles. The average molecular weight is 346 g/mol. The lowest BCUT2D eigenvalue weighted by atomic mass is 9.71. The molecular weight excluding hydrogens is 317 g/mol. The summed E-state index contributed by atoms with van der Waals surface area (Å²) in [5.41, 5.74) is 0.354. The molecule has 2 aliphatic rings. The Morgan fingerprint density at radius 3 is 2.43 bits per heavy atom. The van der Waals surface area contributed by atoms with Gasteiger partial charge in [-0.2, -0.15) is 5.26 Å². The molecular formula is C17H29ClFN3O. The SMILES string of the molecule is CC(C)(C)C1CCC(NCC(=O)N2C[C@@H](F)C[C@H]2C#N)CC1.Cl. The molecule has 4 nitrogen and oxygen atoms in total. The third-order valence-corrected chi connectivity index (χ3v) is 5.21. The van der Waals surface area contributed by atoms with Gasteiger partial charge in [0.25, 0.3) is 0 Å². The molecule has 0 bridgehead atoms. The van der Waals surface area contributed by atoms with E-state index in [1.165, 1.54) is 17.7 Å². The van der Waals surface area contributed by atoms with Gasteiger partial charge in [0.15, 0.2) is 0 Å². The lowest BCUT2D eigenvalue weighted by Crippen LogP contribution is -2.45. The molecule has 0 aromatic carbocycles. The van der Waals surface area contributed by atoms with Crippen molar-refractivity contribution < 1.29 is 9.18 Å². The molecule has 0 unspecified atom stereocenters. The van der Waals surface area contributed by atoms with E-state index in [-0.39, 0.29) is 37.8 Å². The van der Waals surface area contributed by atoms with Gasteiger partial charge in [0.1, 0.15) is 12.2 Å². The first-order valence-corrected chi connectivity index (χ1v) is 8.37. The second kappa shape index (κ2) is 8.30. The van der Waals surface area contributed by atoms with Crippen LogP contribution in [0.3, 0.4) is 0 Å². The van der Waals surface area contributed by atoms with Gasteiger partial charge in [-0.05, 0) is 37.0 Å². The largest absolute Gasteiger partial charge is 0.323 e. The number of likely N-dealkylation sites (tertiary alicyclic amines) is 1. The highest BCUT2D eigenvalue weighted by molar-refractivity contribution is 5.85. The van der Waals surface area contributed by atoms with Crippen LogP contribution in [-0.4, -0.2) is 42.2 Å². The van der Waals surface area contributed by atoms with Crippen molar-refractivity contribution in [3.8, 4) is 6.07 Å². The van der Waals surface area contributed by atoms with Gasteiger partial charge in [0, 0.05) is 12.5 Å². The zero-order valence-electron chi connectivity index (χ0n) is 14.3. The molecule has 1 aliphatic heterocycles. The van der Waals surface area contributed by atoms with Crippen LogP contribution in [0.1, 0.15) is 52.9 Å². The standard InChI is InChI=1S/C17H28FN3O.ClH/c1-17(2,3)12-4-6-14(7-5-12)20-10-16(22)21-11-13(18)8-15(21)9-19;/h12-15,20H,4-8,10-11H2,1-3H3;1H/t12?,13-,14?,15-;/m0./s1. The molecule has 0 spiro atoms. The Morgan fingerprint density at radius 1 is 1.30 bits per heavy atom. The topological polar surface area (TPSA) is 56.1 Å². The number of hydrogen-bond donors (Lipinski definition) is 1. The van der Waals surface area contributed by atoms with Gasteiger partial charge >= 0.3 is 0 Å². The van der Waals surface area contributed by atoms with E-state index in [1.54, 1.807) is 0 Å². The number of amides is 1. The number of nitrogens with zero attached hydrogens (tertiary/aromatic N) is 2. The normalized spacial score (nSPS) is 31.3. The summed E-state index contributed by atoms with van der Waals surface area (Å²) >= 11 is 0. The minimum atomic E-state index is -1.06. The smallest absolute Gasteiger partial charge is 0.237 e. The van der Waals surface area contributed by atoms with Crippen molar-refractivity contribution in [3.05, 3.63) is 0 Å². The van der Waals surface area contributed by atoms with Crippen LogP contribution in [0.15, 0.2) is 0 Å². The van der Waals surface area contributed by atoms with Crippen LogP contribution < -0.4 is 5.32 Å². The first-order chi connectivity index (χ1) is 10.3. The summed E-state index contributed by atoms with van der Waals surface area (Å²) in [6.07, 6.45) is 3.64. The molecule has 1 amide bonds. The summed E-state index contributed by atoms with van der Waals surface area (Å²) in [7, 11) is 0. The summed E-state index contributed by atoms with van der Waals surface area (Å²) < 4.78 is 13.4. The molecule has 6 heteroatoms. The van der Waals surface area contributed by atoms with E-state index in [4.69, 9.17) is 5.26 Å². The summed E-state index contributed by atoms with van der Waals surface area (Å²) in [4.78, 5) is 13.6. The molecule has 2 rings (SSSR count). The fourth-order valence-electron chi connectivity index (χ4n) is 3.68. The van der Waals surface area contributed by atoms with E-state index in [0.29, 0.717) is 11.5 Å². The number of carbonyl (C=O) groups is 1. The van der Waals surface area contributed by atoms with Crippen LogP contribution in [0.2, 0.25) is 0 Å². The van der Waals surface area contributed by atoms with Crippen molar-refractivity contribution >= 4 is 18.3 Å². The Morgan fingerprint density at radius 2 is 1.91 bits per heavy atom. The highest BCUT2D eigenvalue weighted by Crippen LogP contribution is 2.37. The van der Waals surface area contributed by atoms with Crippen molar-refractivity contribution in [3.63, 3.8) is 0 Å². The van der Waals surface area contributed by atoms with Crippen molar-refractivity contribution in [1.29, 1.82) is 5.26 Å². The summed E-state index contributed by atoms with van der Waals surface area (Å²) in [6, 6.07) is 1.79. The van der Waals surface area contributed by atoms with E-state index in [0.717, 1.165) is 18.8 Å². The quantitative estimate of drug-likeness (QED) is 0.855. The molecule has 1 aliphatic carbocycles. The number of halogens is 2. The molecule has 2 fully saturated rings. The lowest BCUT2D eigenvalue weighted by molar-refractivity contribution is -0.130. The van der Waals surface area contributed by atoms with Crippen LogP contribution in [0.5, 0.6) is 0 Å². The molecule has 1 saturated heterocycles. The van der Waals surface area contributed by atoms with Crippen LogP contribution >= 0.6 is 12.4 Å². The maximum absolute atomic E-state index is 13.4. The fourth-order valence-corrected chi connectivity index (χ4v) is 3.68. The van der Waals surface area contributed by atoms with Crippen LogP contribution in [-0.2, 0) is 4.79 Å². The van der Waals surface area contributed by atoms with Crippen molar-refractivity contribution in [2.24, 2.45) is 11.3 Å². The Balaban J connectivity index is 0.00000264. The zero-order valence-corrected chi connectivity index (χ0v) is 15.2. The van der Waals surface area contributed by atoms with Crippen LogP contribution in [0, 0.1) is 22.7 Å². The molecule has 2 atom stereocenters. The van der Waals surface area contributed by atoms with E-state index in [1.807, 2.05) is 6.07 Å². The number of nitriles is 1. The van der Waals surface area contributed by atoms with Gasteiger partial charge in [-0.15, -0.1) is 12.4 Å². The monoisotopic (exact) mass is 345 g/mol. The highest BCUT2D eigenvalue weighted by Gasteiger charge is 2.35. The number of nitrogens with one attached hydrogen (secondary N) is 1. The maximum Gasteiger partial charge on any atom is 0.237 e. The van der Waals surface area contributed by atoms with E-state index in [2.05, 4.69) is 26.1 Å². The second-order valence-electron chi connectivity index (χ2n) is 7.82. The Bertz CT molecular complexity index is 438. The van der Waals surface area contributed by atoms with Gasteiger partial charge < -0.3 is 10.2 Å². The third kappa shape index (κ3) is 5.32.